The monoisotopic (exact) mass is 394 g/mol. The lowest BCUT2D eigenvalue weighted by atomic mass is 9.91. The van der Waals surface area contributed by atoms with Crippen LogP contribution in [0.1, 0.15) is 37.9 Å². The normalized spacial score (nSPS) is 21.0. The fourth-order valence-electron chi connectivity index (χ4n) is 4.41. The highest BCUT2D eigenvalue weighted by molar-refractivity contribution is 5.89. The van der Waals surface area contributed by atoms with Gasteiger partial charge in [0.15, 0.2) is 5.82 Å². The average Bonchev–Trinajstić information content (AvgIpc) is 3.09. The van der Waals surface area contributed by atoms with Gasteiger partial charge in [0.1, 0.15) is 6.61 Å². The van der Waals surface area contributed by atoms with Crippen molar-refractivity contribution in [1.29, 1.82) is 0 Å². The van der Waals surface area contributed by atoms with Crippen LogP contribution < -0.4 is 4.90 Å². The zero-order chi connectivity index (χ0) is 20.2. The van der Waals surface area contributed by atoms with Crippen LogP contribution in [0.3, 0.4) is 0 Å². The Morgan fingerprint density at radius 2 is 1.79 bits per heavy atom. The summed E-state index contributed by atoms with van der Waals surface area (Å²) >= 11 is 0. The molecule has 1 aromatic carbocycles. The number of benzene rings is 1. The fourth-order valence-corrected chi connectivity index (χ4v) is 4.41. The number of ether oxygens (including phenoxy) is 1. The summed E-state index contributed by atoms with van der Waals surface area (Å²) in [5.74, 6) is 1.24. The second-order valence-corrected chi connectivity index (χ2v) is 8.39. The summed E-state index contributed by atoms with van der Waals surface area (Å²) in [6, 6.07) is 10.8. The van der Waals surface area contributed by atoms with Crippen molar-refractivity contribution in [1.82, 2.24) is 14.9 Å². The van der Waals surface area contributed by atoms with Crippen LogP contribution >= 0.6 is 0 Å². The molecule has 2 saturated heterocycles. The quantitative estimate of drug-likeness (QED) is 0.748. The van der Waals surface area contributed by atoms with Gasteiger partial charge in [0.25, 0.3) is 0 Å². The first-order valence-electron chi connectivity index (χ1n) is 10.7. The summed E-state index contributed by atoms with van der Waals surface area (Å²) in [7, 11) is 0. The SMILES string of the molecule is CC(C)N1CCC(Cc2nccnc2N2C(=O)OC[C@H]2Cc2ccccc2)CC1. The zero-order valence-corrected chi connectivity index (χ0v) is 17.3. The third-order valence-corrected chi connectivity index (χ3v) is 6.12. The summed E-state index contributed by atoms with van der Waals surface area (Å²) < 4.78 is 5.40. The number of rotatable bonds is 6. The van der Waals surface area contributed by atoms with E-state index in [1.54, 1.807) is 17.3 Å². The van der Waals surface area contributed by atoms with E-state index in [4.69, 9.17) is 4.74 Å². The Balaban J connectivity index is 1.50. The van der Waals surface area contributed by atoms with Crippen molar-refractivity contribution in [2.45, 2.75) is 51.6 Å². The minimum Gasteiger partial charge on any atom is -0.447 e. The molecule has 1 atom stereocenters. The van der Waals surface area contributed by atoms with E-state index >= 15 is 0 Å². The van der Waals surface area contributed by atoms with Crippen molar-refractivity contribution in [3.8, 4) is 0 Å². The van der Waals surface area contributed by atoms with Crippen LogP contribution in [0.25, 0.3) is 0 Å². The predicted octanol–water partition coefficient (Wildman–Crippen LogP) is 3.71. The van der Waals surface area contributed by atoms with E-state index < -0.39 is 0 Å². The highest BCUT2D eigenvalue weighted by atomic mass is 16.6. The first-order chi connectivity index (χ1) is 14.1. The highest BCUT2D eigenvalue weighted by Gasteiger charge is 2.37. The Labute approximate surface area is 172 Å². The number of carbonyl (C=O) groups excluding carboxylic acids is 1. The summed E-state index contributed by atoms with van der Waals surface area (Å²) in [6.07, 6.45) is 7.01. The van der Waals surface area contributed by atoms with Crippen LogP contribution in [0.2, 0.25) is 0 Å². The average molecular weight is 395 g/mol. The highest BCUT2D eigenvalue weighted by Crippen LogP contribution is 2.29. The number of hydrogen-bond donors (Lipinski definition) is 0. The molecule has 2 fully saturated rings. The first-order valence-corrected chi connectivity index (χ1v) is 10.7. The third kappa shape index (κ3) is 4.58. The number of anilines is 1. The summed E-state index contributed by atoms with van der Waals surface area (Å²) in [6.45, 7) is 7.15. The minimum atomic E-state index is -0.317. The maximum atomic E-state index is 12.6. The van der Waals surface area contributed by atoms with Gasteiger partial charge in [-0.05, 0) is 64.1 Å². The van der Waals surface area contributed by atoms with E-state index in [2.05, 4.69) is 40.8 Å². The predicted molar refractivity (Wildman–Crippen MR) is 113 cm³/mol. The van der Waals surface area contributed by atoms with E-state index in [1.165, 1.54) is 5.56 Å². The molecular weight excluding hydrogens is 364 g/mol. The van der Waals surface area contributed by atoms with Gasteiger partial charge in [-0.1, -0.05) is 30.3 Å². The Morgan fingerprint density at radius 1 is 1.07 bits per heavy atom. The van der Waals surface area contributed by atoms with E-state index in [1.807, 2.05) is 18.2 Å². The molecule has 0 bridgehead atoms. The van der Waals surface area contributed by atoms with Crippen LogP contribution in [0.15, 0.2) is 42.7 Å². The number of aromatic nitrogens is 2. The van der Waals surface area contributed by atoms with E-state index in [-0.39, 0.29) is 12.1 Å². The smallest absolute Gasteiger partial charge is 0.416 e. The molecule has 2 aromatic rings. The van der Waals surface area contributed by atoms with E-state index in [9.17, 15) is 4.79 Å². The number of nitrogens with zero attached hydrogens (tertiary/aromatic N) is 4. The first kappa shape index (κ1) is 19.8. The van der Waals surface area contributed by atoms with Gasteiger partial charge in [-0.25, -0.2) is 9.78 Å². The lowest BCUT2D eigenvalue weighted by Gasteiger charge is -2.34. The molecule has 1 aromatic heterocycles. The standard InChI is InChI=1S/C23H30N4O2/c1-17(2)26-12-8-19(9-13-26)15-21-22(25-11-10-24-21)27-20(16-29-23(27)28)14-18-6-4-3-5-7-18/h3-7,10-11,17,19-20H,8-9,12-16H2,1-2H3/t20-/m1/s1. The third-order valence-electron chi connectivity index (χ3n) is 6.12. The molecule has 0 aliphatic carbocycles. The Morgan fingerprint density at radius 3 is 2.52 bits per heavy atom. The molecule has 0 saturated carbocycles. The molecule has 6 heteroatoms. The Bertz CT molecular complexity index is 819. The van der Waals surface area contributed by atoms with Crippen LogP contribution in [0, 0.1) is 5.92 Å². The molecule has 0 spiro atoms. The molecule has 0 unspecified atom stereocenters. The molecule has 29 heavy (non-hydrogen) atoms. The van der Waals surface area contributed by atoms with Crippen molar-refractivity contribution >= 4 is 11.9 Å². The zero-order valence-electron chi connectivity index (χ0n) is 17.3. The van der Waals surface area contributed by atoms with Crippen molar-refractivity contribution in [3.05, 3.63) is 54.0 Å². The lowest BCUT2D eigenvalue weighted by molar-refractivity contribution is 0.149. The maximum absolute atomic E-state index is 12.6. The van der Waals surface area contributed by atoms with Gasteiger partial charge in [0, 0.05) is 18.4 Å². The molecule has 2 aliphatic heterocycles. The Kier molecular flexibility index (Phi) is 6.09. The Hall–Kier alpha value is -2.47. The number of hydrogen-bond acceptors (Lipinski definition) is 5. The van der Waals surface area contributed by atoms with Gasteiger partial charge >= 0.3 is 6.09 Å². The number of carbonyl (C=O) groups is 1. The van der Waals surface area contributed by atoms with Crippen LogP contribution in [-0.4, -0.2) is 52.7 Å². The van der Waals surface area contributed by atoms with Crippen molar-refractivity contribution in [2.75, 3.05) is 24.6 Å². The maximum Gasteiger partial charge on any atom is 0.416 e. The molecular formula is C23H30N4O2. The number of piperidine rings is 1. The van der Waals surface area contributed by atoms with Crippen molar-refractivity contribution in [2.24, 2.45) is 5.92 Å². The van der Waals surface area contributed by atoms with Gasteiger partial charge in [-0.2, -0.15) is 0 Å². The molecule has 154 valence electrons. The molecule has 0 N–H and O–H groups in total. The van der Waals surface area contributed by atoms with Crippen LogP contribution in [-0.2, 0) is 17.6 Å². The van der Waals surface area contributed by atoms with Gasteiger partial charge in [0.2, 0.25) is 0 Å². The minimum absolute atomic E-state index is 0.0526. The second-order valence-electron chi connectivity index (χ2n) is 8.39. The number of cyclic esters (lactones) is 1. The van der Waals surface area contributed by atoms with Crippen molar-refractivity contribution < 1.29 is 9.53 Å². The molecule has 1 amide bonds. The van der Waals surface area contributed by atoms with Gasteiger partial charge in [-0.3, -0.25) is 9.88 Å². The fraction of sp³-hybridized carbons (Fsp3) is 0.522. The van der Waals surface area contributed by atoms with Crippen molar-refractivity contribution in [3.63, 3.8) is 0 Å². The topological polar surface area (TPSA) is 58.6 Å². The molecule has 0 radical (unpaired) electrons. The van der Waals surface area contributed by atoms with Gasteiger partial charge in [-0.15, -0.1) is 0 Å². The summed E-state index contributed by atoms with van der Waals surface area (Å²) in [4.78, 5) is 26.0. The van der Waals surface area contributed by atoms with Crippen LogP contribution in [0.5, 0.6) is 0 Å². The molecule has 3 heterocycles. The van der Waals surface area contributed by atoms with Crippen LogP contribution in [0.4, 0.5) is 10.6 Å². The summed E-state index contributed by atoms with van der Waals surface area (Å²) in [5.41, 5.74) is 2.10. The largest absolute Gasteiger partial charge is 0.447 e. The number of amides is 1. The summed E-state index contributed by atoms with van der Waals surface area (Å²) in [5, 5.41) is 0. The van der Waals surface area contributed by atoms with Gasteiger partial charge in [0.05, 0.1) is 11.7 Å². The van der Waals surface area contributed by atoms with Gasteiger partial charge < -0.3 is 9.64 Å². The van der Waals surface area contributed by atoms with E-state index in [0.29, 0.717) is 24.4 Å². The molecule has 2 aliphatic rings. The molecule has 6 nitrogen and oxygen atoms in total. The molecule has 4 rings (SSSR count). The number of likely N-dealkylation sites (tertiary alicyclic amines) is 1. The van der Waals surface area contributed by atoms with E-state index in [0.717, 1.165) is 44.5 Å². The second kappa shape index (κ2) is 8.91. The lowest BCUT2D eigenvalue weighted by Crippen LogP contribution is -2.39.